The van der Waals surface area contributed by atoms with Crippen molar-refractivity contribution >= 4 is 14.5 Å². The van der Waals surface area contributed by atoms with E-state index in [-0.39, 0.29) is 5.41 Å². The Balaban J connectivity index is 3.17. The minimum absolute atomic E-state index is 0.166. The summed E-state index contributed by atoms with van der Waals surface area (Å²) in [4.78, 5) is 0. The van der Waals surface area contributed by atoms with Crippen LogP contribution in [-0.2, 0) is 4.43 Å². The molecule has 0 bridgehead atoms. The van der Waals surface area contributed by atoms with Crippen molar-refractivity contribution in [2.45, 2.75) is 64.8 Å². The van der Waals surface area contributed by atoms with Gasteiger partial charge < -0.3 is 9.63 Å². The first kappa shape index (κ1) is 17.2. The lowest BCUT2D eigenvalue weighted by atomic mass is 9.64. The predicted octanol–water partition coefficient (Wildman–Crippen LogP) is 4.75. The van der Waals surface area contributed by atoms with E-state index in [2.05, 4.69) is 51.3 Å². The molecule has 0 aromatic rings. The zero-order chi connectivity index (χ0) is 15.4. The molecule has 0 saturated heterocycles. The zero-order valence-corrected chi connectivity index (χ0v) is 14.6. The van der Waals surface area contributed by atoms with Crippen LogP contribution in [0.1, 0.15) is 39.5 Å². The van der Waals surface area contributed by atoms with Gasteiger partial charge in [-0.3, -0.25) is 0 Å². The van der Waals surface area contributed by atoms with E-state index in [0.29, 0.717) is 0 Å². The SMILES string of the molecule is C=CCCC1=CCCC(/C=N/O)(O[Si](C)(C)C)C1(C)C. The molecule has 1 rings (SSSR count). The van der Waals surface area contributed by atoms with Crippen LogP contribution in [0.4, 0.5) is 0 Å². The third-order valence-electron chi connectivity index (χ3n) is 4.14. The van der Waals surface area contributed by atoms with Gasteiger partial charge in [0.05, 0.1) is 6.21 Å². The van der Waals surface area contributed by atoms with Gasteiger partial charge in [0.25, 0.3) is 0 Å². The van der Waals surface area contributed by atoms with Gasteiger partial charge in [-0.15, -0.1) is 6.58 Å². The Kier molecular flexibility index (Phi) is 5.38. The van der Waals surface area contributed by atoms with Crippen molar-refractivity contribution in [2.75, 3.05) is 0 Å². The van der Waals surface area contributed by atoms with Crippen molar-refractivity contribution in [1.82, 2.24) is 0 Å². The topological polar surface area (TPSA) is 41.8 Å². The summed E-state index contributed by atoms with van der Waals surface area (Å²) in [7, 11) is -1.75. The van der Waals surface area contributed by atoms with Crippen molar-refractivity contribution < 1.29 is 9.63 Å². The standard InChI is InChI=1S/C16H29NO2Si/c1-7-8-10-14-11-9-12-16(13-17-18,15(14,2)3)19-20(4,5)6/h7,11,13,18H,1,8-10,12H2,2-6H3/b17-13+. The lowest BCUT2D eigenvalue weighted by molar-refractivity contribution is 0.0202. The number of rotatable bonds is 6. The molecule has 114 valence electrons. The highest BCUT2D eigenvalue weighted by Gasteiger charge is 2.50. The molecule has 1 N–H and O–H groups in total. The first-order chi connectivity index (χ1) is 9.18. The van der Waals surface area contributed by atoms with Crippen molar-refractivity contribution in [3.05, 3.63) is 24.3 Å². The minimum Gasteiger partial charge on any atom is -0.411 e. The number of hydrogen-bond donors (Lipinski definition) is 1. The van der Waals surface area contributed by atoms with Crippen molar-refractivity contribution in [3.8, 4) is 0 Å². The highest BCUT2D eigenvalue weighted by Crippen LogP contribution is 2.49. The third-order valence-corrected chi connectivity index (χ3v) is 5.12. The van der Waals surface area contributed by atoms with E-state index in [1.807, 2.05) is 6.08 Å². The van der Waals surface area contributed by atoms with Gasteiger partial charge in [-0.1, -0.05) is 36.7 Å². The van der Waals surface area contributed by atoms with Crippen LogP contribution in [0.15, 0.2) is 29.5 Å². The van der Waals surface area contributed by atoms with E-state index in [4.69, 9.17) is 9.63 Å². The fourth-order valence-electron chi connectivity index (χ4n) is 3.04. The Hall–Kier alpha value is -0.873. The Morgan fingerprint density at radius 1 is 1.45 bits per heavy atom. The van der Waals surface area contributed by atoms with Crippen LogP contribution in [0, 0.1) is 5.41 Å². The second-order valence-corrected chi connectivity index (χ2v) is 11.5. The van der Waals surface area contributed by atoms with Crippen LogP contribution in [0.2, 0.25) is 19.6 Å². The lowest BCUT2D eigenvalue weighted by Gasteiger charge is -2.50. The summed E-state index contributed by atoms with van der Waals surface area (Å²) >= 11 is 0. The second kappa shape index (κ2) is 6.27. The molecule has 0 saturated carbocycles. The average Bonchev–Trinajstić information content (AvgIpc) is 2.29. The van der Waals surface area contributed by atoms with Gasteiger partial charge in [0.15, 0.2) is 8.32 Å². The van der Waals surface area contributed by atoms with Crippen LogP contribution in [0.5, 0.6) is 0 Å². The summed E-state index contributed by atoms with van der Waals surface area (Å²) in [6.07, 6.45) is 9.68. The molecular weight excluding hydrogens is 266 g/mol. The van der Waals surface area contributed by atoms with Crippen molar-refractivity contribution in [3.63, 3.8) is 0 Å². The van der Waals surface area contributed by atoms with E-state index in [1.54, 1.807) is 6.21 Å². The quantitative estimate of drug-likeness (QED) is 0.253. The zero-order valence-electron chi connectivity index (χ0n) is 13.6. The maximum absolute atomic E-state index is 9.14. The molecule has 3 nitrogen and oxygen atoms in total. The minimum atomic E-state index is -1.75. The molecule has 1 atom stereocenters. The Bertz CT molecular complexity index is 407. The summed E-state index contributed by atoms with van der Waals surface area (Å²) in [5.41, 5.74) is 0.708. The average molecular weight is 295 g/mol. The Labute approximate surface area is 124 Å². The van der Waals surface area contributed by atoms with Crippen LogP contribution >= 0.6 is 0 Å². The molecule has 0 spiro atoms. The first-order valence-electron chi connectivity index (χ1n) is 7.38. The molecule has 0 aromatic heterocycles. The second-order valence-electron chi connectivity index (χ2n) is 7.07. The molecule has 0 aromatic carbocycles. The molecular formula is C16H29NO2Si. The summed E-state index contributed by atoms with van der Waals surface area (Å²) in [6.45, 7) is 14.7. The molecule has 1 aliphatic carbocycles. The van der Waals surface area contributed by atoms with Gasteiger partial charge in [0.2, 0.25) is 0 Å². The molecule has 0 radical (unpaired) electrons. The molecule has 0 amide bonds. The van der Waals surface area contributed by atoms with E-state index >= 15 is 0 Å². The molecule has 1 aliphatic rings. The Morgan fingerprint density at radius 3 is 2.60 bits per heavy atom. The van der Waals surface area contributed by atoms with Gasteiger partial charge in [0.1, 0.15) is 5.60 Å². The fraction of sp³-hybridized carbons (Fsp3) is 0.688. The highest BCUT2D eigenvalue weighted by atomic mass is 28.4. The molecule has 4 heteroatoms. The maximum atomic E-state index is 9.14. The highest BCUT2D eigenvalue weighted by molar-refractivity contribution is 6.70. The number of allylic oxidation sites excluding steroid dienone is 2. The van der Waals surface area contributed by atoms with E-state index in [1.165, 1.54) is 5.57 Å². The van der Waals surface area contributed by atoms with Crippen LogP contribution < -0.4 is 0 Å². The number of oxime groups is 1. The molecule has 0 aliphatic heterocycles. The summed E-state index contributed by atoms with van der Waals surface area (Å²) in [5, 5.41) is 12.5. The van der Waals surface area contributed by atoms with Gasteiger partial charge in [-0.05, 0) is 45.3 Å². The lowest BCUT2D eigenvalue weighted by Crippen LogP contribution is -2.55. The smallest absolute Gasteiger partial charge is 0.185 e. The normalized spacial score (nSPS) is 26.6. The summed E-state index contributed by atoms with van der Waals surface area (Å²) < 4.78 is 6.50. The van der Waals surface area contributed by atoms with Crippen LogP contribution in [-0.4, -0.2) is 25.3 Å². The van der Waals surface area contributed by atoms with Crippen molar-refractivity contribution in [2.24, 2.45) is 10.6 Å². The monoisotopic (exact) mass is 295 g/mol. The number of nitrogens with zero attached hydrogens (tertiary/aromatic N) is 1. The molecule has 0 heterocycles. The van der Waals surface area contributed by atoms with Crippen LogP contribution in [0.25, 0.3) is 0 Å². The predicted molar refractivity (Wildman–Crippen MR) is 88.0 cm³/mol. The van der Waals surface area contributed by atoms with Gasteiger partial charge >= 0.3 is 0 Å². The van der Waals surface area contributed by atoms with E-state index < -0.39 is 13.9 Å². The van der Waals surface area contributed by atoms with Crippen molar-refractivity contribution in [1.29, 1.82) is 0 Å². The fourth-order valence-corrected chi connectivity index (χ4v) is 4.55. The van der Waals surface area contributed by atoms with Crippen LogP contribution in [0.3, 0.4) is 0 Å². The van der Waals surface area contributed by atoms with E-state index in [9.17, 15) is 0 Å². The van der Waals surface area contributed by atoms with Gasteiger partial charge in [-0.2, -0.15) is 0 Å². The molecule has 0 fully saturated rings. The van der Waals surface area contributed by atoms with E-state index in [0.717, 1.165) is 25.7 Å². The third kappa shape index (κ3) is 3.61. The molecule has 20 heavy (non-hydrogen) atoms. The van der Waals surface area contributed by atoms with Gasteiger partial charge in [0, 0.05) is 5.41 Å². The summed E-state index contributed by atoms with van der Waals surface area (Å²) in [5.74, 6) is 0. The largest absolute Gasteiger partial charge is 0.411 e. The number of hydrogen-bond acceptors (Lipinski definition) is 3. The summed E-state index contributed by atoms with van der Waals surface area (Å²) in [6, 6.07) is 0. The maximum Gasteiger partial charge on any atom is 0.185 e. The first-order valence-corrected chi connectivity index (χ1v) is 10.8. The Morgan fingerprint density at radius 2 is 2.10 bits per heavy atom. The molecule has 1 unspecified atom stereocenters. The van der Waals surface area contributed by atoms with Gasteiger partial charge in [-0.25, -0.2) is 0 Å².